The molecule has 0 saturated heterocycles. The summed E-state index contributed by atoms with van der Waals surface area (Å²) in [5.41, 5.74) is 10.8. The Morgan fingerprint density at radius 3 is 2.57 bits per heavy atom. The number of benzene rings is 2. The third kappa shape index (κ3) is 2.97. The van der Waals surface area contributed by atoms with Crippen LogP contribution in [0, 0.1) is 6.92 Å². The number of nitrogens with two attached hydrogens (primary N) is 1. The molecule has 0 saturated carbocycles. The van der Waals surface area contributed by atoms with Crippen molar-refractivity contribution in [2.45, 2.75) is 19.9 Å². The van der Waals surface area contributed by atoms with Gasteiger partial charge in [-0.2, -0.15) is 0 Å². The van der Waals surface area contributed by atoms with Crippen molar-refractivity contribution in [2.75, 3.05) is 6.54 Å². The lowest BCUT2D eigenvalue weighted by atomic mass is 10.1. The molecule has 0 aliphatic carbocycles. The van der Waals surface area contributed by atoms with Crippen LogP contribution in [0.2, 0.25) is 5.02 Å². The van der Waals surface area contributed by atoms with Crippen LogP contribution in [0.5, 0.6) is 0 Å². The molecule has 0 amide bonds. The summed E-state index contributed by atoms with van der Waals surface area (Å²) in [7, 11) is 0. The number of fused-ring (bicyclic) bond motifs is 1. The van der Waals surface area contributed by atoms with Gasteiger partial charge in [-0.05, 0) is 43.1 Å². The van der Waals surface area contributed by atoms with E-state index < -0.39 is 0 Å². The first-order chi connectivity index (χ1) is 10.2. The maximum atomic E-state index is 6.16. The first-order valence-electron chi connectivity index (χ1n) is 7.20. The van der Waals surface area contributed by atoms with Gasteiger partial charge in [0.05, 0.1) is 5.52 Å². The van der Waals surface area contributed by atoms with E-state index in [4.69, 9.17) is 17.3 Å². The third-order valence-corrected chi connectivity index (χ3v) is 4.05. The molecule has 21 heavy (non-hydrogen) atoms. The van der Waals surface area contributed by atoms with E-state index >= 15 is 0 Å². The van der Waals surface area contributed by atoms with Crippen LogP contribution in [0.4, 0.5) is 0 Å². The Bertz CT molecular complexity index is 757. The number of aryl methyl sites for hydroxylation is 1. The molecule has 0 bridgehead atoms. The first kappa shape index (κ1) is 14.2. The summed E-state index contributed by atoms with van der Waals surface area (Å²) < 4.78 is 2.26. The van der Waals surface area contributed by atoms with Gasteiger partial charge in [0.15, 0.2) is 0 Å². The maximum absolute atomic E-state index is 6.16. The van der Waals surface area contributed by atoms with Crippen LogP contribution < -0.4 is 5.73 Å². The largest absolute Gasteiger partial charge is 0.343 e. The fourth-order valence-corrected chi connectivity index (χ4v) is 2.88. The number of rotatable bonds is 4. The van der Waals surface area contributed by atoms with Gasteiger partial charge in [0, 0.05) is 23.2 Å². The molecular weight excluding hydrogens is 280 g/mol. The van der Waals surface area contributed by atoms with Gasteiger partial charge in [-0.1, -0.05) is 47.5 Å². The maximum Gasteiger partial charge on any atom is 0.0501 e. The number of nitrogens with zero attached hydrogens (tertiary/aromatic N) is 1. The van der Waals surface area contributed by atoms with E-state index in [1.807, 2.05) is 12.1 Å². The average Bonchev–Trinajstić information content (AvgIpc) is 2.79. The summed E-state index contributed by atoms with van der Waals surface area (Å²) in [6.45, 7) is 3.61. The van der Waals surface area contributed by atoms with E-state index in [1.165, 1.54) is 27.6 Å². The highest BCUT2D eigenvalue weighted by atomic mass is 35.5. The molecule has 2 aromatic carbocycles. The highest BCUT2D eigenvalue weighted by Gasteiger charge is 2.09. The standard InChI is InChI=1S/C18H19ClN2/c1-13-2-4-14(5-3-13)11-21-12-15(8-9-20)17-7-6-16(19)10-18(17)21/h2-7,10,12H,8-9,11,20H2,1H3. The smallest absolute Gasteiger partial charge is 0.0501 e. The molecule has 1 aromatic heterocycles. The summed E-state index contributed by atoms with van der Waals surface area (Å²) in [5, 5.41) is 2.02. The van der Waals surface area contributed by atoms with Gasteiger partial charge < -0.3 is 10.3 Å². The Morgan fingerprint density at radius 1 is 1.10 bits per heavy atom. The molecule has 0 spiro atoms. The fraction of sp³-hybridized carbons (Fsp3) is 0.222. The molecule has 2 N–H and O–H groups in total. The predicted molar refractivity (Wildman–Crippen MR) is 90.0 cm³/mol. The quantitative estimate of drug-likeness (QED) is 0.770. The second-order valence-corrected chi connectivity index (χ2v) is 5.90. The minimum atomic E-state index is 0.659. The summed E-state index contributed by atoms with van der Waals surface area (Å²) in [6, 6.07) is 14.7. The van der Waals surface area contributed by atoms with E-state index in [2.05, 4.69) is 48.0 Å². The predicted octanol–water partition coefficient (Wildman–Crippen LogP) is 4.15. The van der Waals surface area contributed by atoms with Crippen LogP contribution in [-0.4, -0.2) is 11.1 Å². The molecule has 2 nitrogen and oxygen atoms in total. The van der Waals surface area contributed by atoms with Crippen LogP contribution in [0.3, 0.4) is 0 Å². The van der Waals surface area contributed by atoms with Crippen molar-refractivity contribution in [1.29, 1.82) is 0 Å². The molecule has 0 unspecified atom stereocenters. The lowest BCUT2D eigenvalue weighted by molar-refractivity contribution is 0.827. The van der Waals surface area contributed by atoms with Crippen molar-refractivity contribution < 1.29 is 0 Å². The molecule has 0 radical (unpaired) electrons. The van der Waals surface area contributed by atoms with Crippen LogP contribution >= 0.6 is 11.6 Å². The van der Waals surface area contributed by atoms with E-state index in [0.717, 1.165) is 18.0 Å². The van der Waals surface area contributed by atoms with Crippen molar-refractivity contribution >= 4 is 22.5 Å². The Morgan fingerprint density at radius 2 is 1.86 bits per heavy atom. The molecule has 0 atom stereocenters. The molecular formula is C18H19ClN2. The highest BCUT2D eigenvalue weighted by molar-refractivity contribution is 6.31. The summed E-state index contributed by atoms with van der Waals surface area (Å²) in [6.07, 6.45) is 3.09. The molecule has 1 heterocycles. The Hall–Kier alpha value is -1.77. The minimum Gasteiger partial charge on any atom is -0.343 e. The number of hydrogen-bond acceptors (Lipinski definition) is 1. The van der Waals surface area contributed by atoms with Gasteiger partial charge in [-0.15, -0.1) is 0 Å². The summed E-state index contributed by atoms with van der Waals surface area (Å²) in [4.78, 5) is 0. The van der Waals surface area contributed by atoms with Gasteiger partial charge >= 0.3 is 0 Å². The Balaban J connectivity index is 2.04. The zero-order chi connectivity index (χ0) is 14.8. The van der Waals surface area contributed by atoms with Crippen molar-refractivity contribution in [3.05, 3.63) is 70.4 Å². The Kier molecular flexibility index (Phi) is 4.00. The van der Waals surface area contributed by atoms with Gasteiger partial charge in [-0.3, -0.25) is 0 Å². The zero-order valence-corrected chi connectivity index (χ0v) is 12.9. The van der Waals surface area contributed by atoms with Crippen LogP contribution in [0.15, 0.2) is 48.7 Å². The fourth-order valence-electron chi connectivity index (χ4n) is 2.72. The third-order valence-electron chi connectivity index (χ3n) is 3.81. The van der Waals surface area contributed by atoms with Gasteiger partial charge in [0.25, 0.3) is 0 Å². The average molecular weight is 299 g/mol. The minimum absolute atomic E-state index is 0.659. The molecule has 0 fully saturated rings. The van der Waals surface area contributed by atoms with Gasteiger partial charge in [-0.25, -0.2) is 0 Å². The highest BCUT2D eigenvalue weighted by Crippen LogP contribution is 2.26. The molecule has 3 aromatic rings. The first-order valence-corrected chi connectivity index (χ1v) is 7.58. The van der Waals surface area contributed by atoms with Crippen molar-refractivity contribution in [2.24, 2.45) is 5.73 Å². The molecule has 0 aliphatic rings. The topological polar surface area (TPSA) is 30.9 Å². The van der Waals surface area contributed by atoms with Crippen molar-refractivity contribution in [3.8, 4) is 0 Å². The van der Waals surface area contributed by atoms with E-state index in [9.17, 15) is 0 Å². The molecule has 108 valence electrons. The second kappa shape index (κ2) is 5.92. The number of aromatic nitrogens is 1. The molecule has 3 heteroatoms. The SMILES string of the molecule is Cc1ccc(Cn2cc(CCN)c3ccc(Cl)cc32)cc1. The van der Waals surface area contributed by atoms with Crippen LogP contribution in [0.25, 0.3) is 10.9 Å². The van der Waals surface area contributed by atoms with Crippen molar-refractivity contribution in [3.63, 3.8) is 0 Å². The lowest BCUT2D eigenvalue weighted by Gasteiger charge is -2.06. The lowest BCUT2D eigenvalue weighted by Crippen LogP contribution is -2.02. The Labute approximate surface area is 130 Å². The second-order valence-electron chi connectivity index (χ2n) is 5.47. The molecule has 3 rings (SSSR count). The van der Waals surface area contributed by atoms with Crippen LogP contribution in [0.1, 0.15) is 16.7 Å². The molecule has 0 aliphatic heterocycles. The normalized spacial score (nSPS) is 11.2. The zero-order valence-electron chi connectivity index (χ0n) is 12.1. The monoisotopic (exact) mass is 298 g/mol. The van der Waals surface area contributed by atoms with E-state index in [0.29, 0.717) is 6.54 Å². The van der Waals surface area contributed by atoms with E-state index in [1.54, 1.807) is 0 Å². The van der Waals surface area contributed by atoms with Gasteiger partial charge in [0.1, 0.15) is 0 Å². The van der Waals surface area contributed by atoms with Crippen molar-refractivity contribution in [1.82, 2.24) is 4.57 Å². The van der Waals surface area contributed by atoms with Crippen LogP contribution in [-0.2, 0) is 13.0 Å². The summed E-state index contributed by atoms with van der Waals surface area (Å²) >= 11 is 6.16. The summed E-state index contributed by atoms with van der Waals surface area (Å²) in [5.74, 6) is 0. The van der Waals surface area contributed by atoms with Gasteiger partial charge in [0.2, 0.25) is 0 Å². The van der Waals surface area contributed by atoms with E-state index in [-0.39, 0.29) is 0 Å². The number of hydrogen-bond donors (Lipinski definition) is 1. The number of halogens is 1.